The molecule has 120 valence electrons. The van der Waals surface area contributed by atoms with Crippen LogP contribution in [0.25, 0.3) is 0 Å². The number of carbonyl (C=O) groups is 1. The van der Waals surface area contributed by atoms with E-state index in [1.54, 1.807) is 29.4 Å². The molecule has 5 nitrogen and oxygen atoms in total. The molecule has 0 saturated carbocycles. The Morgan fingerprint density at radius 3 is 2.65 bits per heavy atom. The summed E-state index contributed by atoms with van der Waals surface area (Å²) in [5, 5.41) is 0. The topological polar surface area (TPSA) is 51.7 Å². The smallest absolute Gasteiger partial charge is 0.260 e. The van der Waals surface area contributed by atoms with Crippen LogP contribution in [0.4, 0.5) is 4.39 Å². The molecule has 0 aliphatic carbocycles. The quantitative estimate of drug-likeness (QED) is 0.849. The van der Waals surface area contributed by atoms with Gasteiger partial charge in [0.15, 0.2) is 6.61 Å². The van der Waals surface area contributed by atoms with Crippen LogP contribution in [0.3, 0.4) is 0 Å². The molecule has 6 heteroatoms. The van der Waals surface area contributed by atoms with Crippen molar-refractivity contribution in [3.05, 3.63) is 54.6 Å². The van der Waals surface area contributed by atoms with E-state index in [0.717, 1.165) is 12.2 Å². The SMILES string of the molecule is O=C(COc1ccc(F)cc1)N1CC[C@@H](Oc2ccncc2)C1. The molecule has 0 unspecified atom stereocenters. The number of aromatic nitrogens is 1. The zero-order valence-corrected chi connectivity index (χ0v) is 12.5. The van der Waals surface area contributed by atoms with Gasteiger partial charge in [0.2, 0.25) is 0 Å². The average Bonchev–Trinajstić information content (AvgIpc) is 3.03. The van der Waals surface area contributed by atoms with Crippen molar-refractivity contribution in [3.63, 3.8) is 0 Å². The van der Waals surface area contributed by atoms with Gasteiger partial charge in [0.05, 0.1) is 6.54 Å². The fourth-order valence-corrected chi connectivity index (χ4v) is 2.43. The number of hydrogen-bond acceptors (Lipinski definition) is 4. The Balaban J connectivity index is 1.46. The van der Waals surface area contributed by atoms with Crippen molar-refractivity contribution in [1.29, 1.82) is 0 Å². The fourth-order valence-electron chi connectivity index (χ4n) is 2.43. The van der Waals surface area contributed by atoms with Crippen molar-refractivity contribution < 1.29 is 18.7 Å². The summed E-state index contributed by atoms with van der Waals surface area (Å²) in [5.41, 5.74) is 0. The Labute approximate surface area is 133 Å². The fraction of sp³-hybridized carbons (Fsp3) is 0.294. The van der Waals surface area contributed by atoms with Crippen LogP contribution in [0.1, 0.15) is 6.42 Å². The minimum atomic E-state index is -0.334. The van der Waals surface area contributed by atoms with Crippen molar-refractivity contribution in [2.75, 3.05) is 19.7 Å². The molecule has 1 fully saturated rings. The zero-order chi connectivity index (χ0) is 16.1. The third-order valence-corrected chi connectivity index (χ3v) is 3.63. The predicted octanol–water partition coefficient (Wildman–Crippen LogP) is 2.28. The number of ether oxygens (including phenoxy) is 2. The van der Waals surface area contributed by atoms with Crippen LogP contribution in [0, 0.1) is 5.82 Å². The maximum atomic E-state index is 12.8. The number of hydrogen-bond donors (Lipinski definition) is 0. The van der Waals surface area contributed by atoms with Gasteiger partial charge in [-0.2, -0.15) is 0 Å². The first kappa shape index (κ1) is 15.3. The van der Waals surface area contributed by atoms with Gasteiger partial charge in [-0.05, 0) is 36.4 Å². The number of halogens is 1. The first-order valence-electron chi connectivity index (χ1n) is 7.43. The highest BCUT2D eigenvalue weighted by Crippen LogP contribution is 2.18. The molecule has 1 amide bonds. The molecule has 1 aliphatic heterocycles. The van der Waals surface area contributed by atoms with E-state index in [9.17, 15) is 9.18 Å². The second kappa shape index (κ2) is 7.09. The number of amides is 1. The summed E-state index contributed by atoms with van der Waals surface area (Å²) in [7, 11) is 0. The molecule has 2 heterocycles. The number of carbonyl (C=O) groups excluding carboxylic acids is 1. The minimum absolute atomic E-state index is 0.0211. The van der Waals surface area contributed by atoms with Crippen LogP contribution in [-0.4, -0.2) is 41.6 Å². The Hall–Kier alpha value is -2.63. The second-order valence-electron chi connectivity index (χ2n) is 5.29. The summed E-state index contributed by atoms with van der Waals surface area (Å²) < 4.78 is 24.0. The Kier molecular flexibility index (Phi) is 4.71. The average molecular weight is 316 g/mol. The van der Waals surface area contributed by atoms with Crippen LogP contribution in [-0.2, 0) is 4.79 Å². The van der Waals surface area contributed by atoms with E-state index in [0.29, 0.717) is 18.8 Å². The summed E-state index contributed by atoms with van der Waals surface area (Å²) in [5.74, 6) is 0.792. The van der Waals surface area contributed by atoms with E-state index in [1.807, 2.05) is 0 Å². The van der Waals surface area contributed by atoms with Crippen LogP contribution < -0.4 is 9.47 Å². The molecule has 1 aliphatic rings. The van der Waals surface area contributed by atoms with E-state index in [4.69, 9.17) is 9.47 Å². The van der Waals surface area contributed by atoms with Gasteiger partial charge in [-0.15, -0.1) is 0 Å². The summed E-state index contributed by atoms with van der Waals surface area (Å²) >= 11 is 0. The predicted molar refractivity (Wildman–Crippen MR) is 81.7 cm³/mol. The Morgan fingerprint density at radius 1 is 1.17 bits per heavy atom. The monoisotopic (exact) mass is 316 g/mol. The number of pyridine rings is 1. The number of nitrogens with zero attached hydrogens (tertiary/aromatic N) is 2. The van der Waals surface area contributed by atoms with E-state index in [1.165, 1.54) is 24.3 Å². The molecule has 23 heavy (non-hydrogen) atoms. The van der Waals surface area contributed by atoms with Crippen LogP contribution in [0.5, 0.6) is 11.5 Å². The van der Waals surface area contributed by atoms with Gasteiger partial charge in [-0.25, -0.2) is 4.39 Å². The third kappa shape index (κ3) is 4.18. The van der Waals surface area contributed by atoms with Crippen molar-refractivity contribution in [2.24, 2.45) is 0 Å². The maximum Gasteiger partial charge on any atom is 0.260 e. The maximum absolute atomic E-state index is 12.8. The third-order valence-electron chi connectivity index (χ3n) is 3.63. The van der Waals surface area contributed by atoms with Crippen LogP contribution in [0.15, 0.2) is 48.8 Å². The Morgan fingerprint density at radius 2 is 1.91 bits per heavy atom. The van der Waals surface area contributed by atoms with Crippen molar-refractivity contribution in [1.82, 2.24) is 9.88 Å². The van der Waals surface area contributed by atoms with E-state index < -0.39 is 0 Å². The number of rotatable bonds is 5. The first-order chi connectivity index (χ1) is 11.2. The molecule has 1 aromatic carbocycles. The highest BCUT2D eigenvalue weighted by molar-refractivity contribution is 5.78. The summed E-state index contributed by atoms with van der Waals surface area (Å²) in [6.45, 7) is 1.11. The largest absolute Gasteiger partial charge is 0.488 e. The van der Waals surface area contributed by atoms with Gasteiger partial charge in [0.25, 0.3) is 5.91 Å². The van der Waals surface area contributed by atoms with E-state index in [2.05, 4.69) is 4.98 Å². The molecular weight excluding hydrogens is 299 g/mol. The normalized spacial score (nSPS) is 17.1. The first-order valence-corrected chi connectivity index (χ1v) is 7.43. The molecule has 1 atom stereocenters. The molecule has 2 aromatic rings. The molecule has 0 spiro atoms. The molecular formula is C17H17FN2O3. The molecule has 1 aromatic heterocycles. The van der Waals surface area contributed by atoms with Gasteiger partial charge >= 0.3 is 0 Å². The van der Waals surface area contributed by atoms with Gasteiger partial charge in [0, 0.05) is 25.4 Å². The highest BCUT2D eigenvalue weighted by atomic mass is 19.1. The van der Waals surface area contributed by atoms with E-state index in [-0.39, 0.29) is 24.4 Å². The number of benzene rings is 1. The van der Waals surface area contributed by atoms with Gasteiger partial charge in [-0.1, -0.05) is 0 Å². The lowest BCUT2D eigenvalue weighted by molar-refractivity contribution is -0.132. The zero-order valence-electron chi connectivity index (χ0n) is 12.5. The summed E-state index contributed by atoms with van der Waals surface area (Å²) in [4.78, 5) is 17.8. The lowest BCUT2D eigenvalue weighted by Crippen LogP contribution is -2.34. The van der Waals surface area contributed by atoms with Crippen molar-refractivity contribution in [2.45, 2.75) is 12.5 Å². The lowest BCUT2D eigenvalue weighted by Gasteiger charge is -2.17. The standard InChI is InChI=1S/C17H17FN2O3/c18-13-1-3-14(4-2-13)22-12-17(21)20-10-7-16(11-20)23-15-5-8-19-9-6-15/h1-6,8-9,16H,7,10-12H2/t16-/m1/s1. The minimum Gasteiger partial charge on any atom is -0.488 e. The van der Waals surface area contributed by atoms with Gasteiger partial charge < -0.3 is 14.4 Å². The van der Waals surface area contributed by atoms with Gasteiger partial charge in [-0.3, -0.25) is 9.78 Å². The molecule has 3 rings (SSSR count). The van der Waals surface area contributed by atoms with Crippen molar-refractivity contribution in [3.8, 4) is 11.5 Å². The lowest BCUT2D eigenvalue weighted by atomic mass is 10.3. The van der Waals surface area contributed by atoms with Crippen molar-refractivity contribution >= 4 is 5.91 Å². The Bertz CT molecular complexity index is 649. The van der Waals surface area contributed by atoms with E-state index >= 15 is 0 Å². The molecule has 1 saturated heterocycles. The molecule has 0 radical (unpaired) electrons. The van der Waals surface area contributed by atoms with Crippen LogP contribution in [0.2, 0.25) is 0 Å². The molecule has 0 N–H and O–H groups in total. The highest BCUT2D eigenvalue weighted by Gasteiger charge is 2.27. The molecule has 0 bridgehead atoms. The second-order valence-corrected chi connectivity index (χ2v) is 5.29. The van der Waals surface area contributed by atoms with Gasteiger partial charge in [0.1, 0.15) is 23.4 Å². The van der Waals surface area contributed by atoms with Crippen LogP contribution >= 0.6 is 0 Å². The summed E-state index contributed by atoms with van der Waals surface area (Å²) in [6.07, 6.45) is 4.10. The number of likely N-dealkylation sites (tertiary alicyclic amines) is 1. The summed E-state index contributed by atoms with van der Waals surface area (Å²) in [6, 6.07) is 9.19.